The second-order valence-electron chi connectivity index (χ2n) is 4.77. The highest BCUT2D eigenvalue weighted by atomic mass is 16.4. The van der Waals surface area contributed by atoms with Gasteiger partial charge in [0.2, 0.25) is 0 Å². The number of rotatable bonds is 7. The molecule has 0 saturated heterocycles. The van der Waals surface area contributed by atoms with E-state index in [0.717, 1.165) is 22.4 Å². The van der Waals surface area contributed by atoms with Crippen molar-refractivity contribution in [2.45, 2.75) is 6.54 Å². The summed E-state index contributed by atoms with van der Waals surface area (Å²) in [7, 11) is 0. The molecule has 0 saturated carbocycles. The van der Waals surface area contributed by atoms with E-state index in [1.807, 2.05) is 24.3 Å². The van der Waals surface area contributed by atoms with Crippen molar-refractivity contribution in [1.29, 1.82) is 0 Å². The number of carbonyl (C=O) groups is 1. The molecule has 4 heteroatoms. The quantitative estimate of drug-likeness (QED) is 0.466. The van der Waals surface area contributed by atoms with Crippen LogP contribution in [0.3, 0.4) is 0 Å². The van der Waals surface area contributed by atoms with Gasteiger partial charge in [-0.2, -0.15) is 0 Å². The summed E-state index contributed by atoms with van der Waals surface area (Å²) in [6.07, 6.45) is 7.40. The second kappa shape index (κ2) is 8.34. The third-order valence-corrected chi connectivity index (χ3v) is 3.20. The predicted octanol–water partition coefficient (Wildman–Crippen LogP) is 3.67. The number of allylic oxidation sites excluding steroid dienone is 2. The SMILES string of the molecule is C=C/N=C/C=C\C(=C\C(=O)O)NCc1cccc2ccccc12. The van der Waals surface area contributed by atoms with Gasteiger partial charge < -0.3 is 10.4 Å². The van der Waals surface area contributed by atoms with E-state index in [9.17, 15) is 4.79 Å². The monoisotopic (exact) mass is 306 g/mol. The minimum absolute atomic E-state index is 0.501. The van der Waals surface area contributed by atoms with Gasteiger partial charge >= 0.3 is 5.97 Å². The molecule has 0 spiro atoms. The molecule has 0 aliphatic rings. The van der Waals surface area contributed by atoms with Gasteiger partial charge in [0.25, 0.3) is 0 Å². The van der Waals surface area contributed by atoms with E-state index in [1.54, 1.807) is 18.4 Å². The lowest BCUT2D eigenvalue weighted by molar-refractivity contribution is -0.131. The average molecular weight is 306 g/mol. The van der Waals surface area contributed by atoms with Gasteiger partial charge in [-0.3, -0.25) is 4.99 Å². The standard InChI is InChI=1S/C19H18N2O2/c1-2-20-12-6-10-17(13-19(22)23)21-14-16-9-5-8-15-7-3-4-11-18(15)16/h2-13,21H,1,14H2,(H,22,23)/b10-6-,17-13-,20-12+. The van der Waals surface area contributed by atoms with Gasteiger partial charge in [0.15, 0.2) is 0 Å². The smallest absolute Gasteiger partial charge is 0.330 e. The van der Waals surface area contributed by atoms with E-state index < -0.39 is 5.97 Å². The normalized spacial score (nSPS) is 12.1. The first-order valence-corrected chi connectivity index (χ1v) is 7.16. The van der Waals surface area contributed by atoms with Crippen LogP contribution in [0, 0.1) is 0 Å². The molecule has 23 heavy (non-hydrogen) atoms. The first-order chi connectivity index (χ1) is 11.2. The predicted molar refractivity (Wildman–Crippen MR) is 94.3 cm³/mol. The highest BCUT2D eigenvalue weighted by molar-refractivity contribution is 5.85. The summed E-state index contributed by atoms with van der Waals surface area (Å²) >= 11 is 0. The molecule has 0 aliphatic carbocycles. The third-order valence-electron chi connectivity index (χ3n) is 3.20. The van der Waals surface area contributed by atoms with Crippen LogP contribution >= 0.6 is 0 Å². The van der Waals surface area contributed by atoms with Gasteiger partial charge in [0.1, 0.15) is 0 Å². The Labute approximate surface area is 135 Å². The molecule has 0 atom stereocenters. The molecule has 0 bridgehead atoms. The summed E-state index contributed by atoms with van der Waals surface area (Å²) in [5.74, 6) is -1.00. The summed E-state index contributed by atoms with van der Waals surface area (Å²) < 4.78 is 0. The van der Waals surface area contributed by atoms with E-state index in [-0.39, 0.29) is 0 Å². The number of carboxylic acids is 1. The molecule has 0 fully saturated rings. The van der Waals surface area contributed by atoms with Crippen molar-refractivity contribution >= 4 is 23.0 Å². The number of aliphatic carboxylic acids is 1. The minimum atomic E-state index is -1.00. The molecule has 0 unspecified atom stereocenters. The Morgan fingerprint density at radius 2 is 2.00 bits per heavy atom. The Bertz CT molecular complexity index is 784. The number of nitrogens with zero attached hydrogens (tertiary/aromatic N) is 1. The Balaban J connectivity index is 2.17. The van der Waals surface area contributed by atoms with Gasteiger partial charge in [-0.05, 0) is 28.5 Å². The van der Waals surface area contributed by atoms with Crippen LogP contribution in [0.1, 0.15) is 5.56 Å². The van der Waals surface area contributed by atoms with Crippen LogP contribution in [0.2, 0.25) is 0 Å². The third kappa shape index (κ3) is 4.97. The lowest BCUT2D eigenvalue weighted by Crippen LogP contribution is -2.13. The van der Waals surface area contributed by atoms with Crippen molar-refractivity contribution in [1.82, 2.24) is 5.32 Å². The van der Waals surface area contributed by atoms with E-state index in [2.05, 4.69) is 35.1 Å². The molecule has 0 amide bonds. The van der Waals surface area contributed by atoms with Crippen molar-refractivity contribution in [3.63, 3.8) is 0 Å². The number of fused-ring (bicyclic) bond motifs is 1. The maximum absolute atomic E-state index is 10.9. The van der Waals surface area contributed by atoms with Gasteiger partial charge in [-0.15, -0.1) is 0 Å². The van der Waals surface area contributed by atoms with E-state index in [4.69, 9.17) is 5.11 Å². The fraction of sp³-hybridized carbons (Fsp3) is 0.0526. The molecule has 0 aromatic heterocycles. The molecule has 0 heterocycles. The summed E-state index contributed by atoms with van der Waals surface area (Å²) in [5, 5.41) is 14.4. The van der Waals surface area contributed by atoms with Crippen molar-refractivity contribution < 1.29 is 9.90 Å². The van der Waals surface area contributed by atoms with Crippen LogP contribution < -0.4 is 5.32 Å². The summed E-state index contributed by atoms with van der Waals surface area (Å²) in [6.45, 7) is 4.01. The van der Waals surface area contributed by atoms with Crippen LogP contribution in [0.4, 0.5) is 0 Å². The van der Waals surface area contributed by atoms with Gasteiger partial charge in [0, 0.05) is 30.7 Å². The van der Waals surface area contributed by atoms with Crippen LogP contribution in [-0.2, 0) is 11.3 Å². The van der Waals surface area contributed by atoms with Crippen molar-refractivity contribution in [3.8, 4) is 0 Å². The number of nitrogens with one attached hydrogen (secondary N) is 1. The molecule has 2 aromatic rings. The lowest BCUT2D eigenvalue weighted by Gasteiger charge is -2.09. The molecule has 2 aromatic carbocycles. The van der Waals surface area contributed by atoms with Gasteiger partial charge in [-0.1, -0.05) is 49.0 Å². The van der Waals surface area contributed by atoms with E-state index in [0.29, 0.717) is 12.2 Å². The largest absolute Gasteiger partial charge is 0.478 e. The minimum Gasteiger partial charge on any atom is -0.478 e. The van der Waals surface area contributed by atoms with Gasteiger partial charge in [0.05, 0.1) is 0 Å². The Morgan fingerprint density at radius 1 is 1.22 bits per heavy atom. The Kier molecular flexibility index (Phi) is 5.89. The number of hydrogen-bond donors (Lipinski definition) is 2. The van der Waals surface area contributed by atoms with Crippen LogP contribution in [-0.4, -0.2) is 17.3 Å². The Morgan fingerprint density at radius 3 is 2.78 bits per heavy atom. The van der Waals surface area contributed by atoms with Crippen LogP contribution in [0.5, 0.6) is 0 Å². The molecular formula is C19H18N2O2. The van der Waals surface area contributed by atoms with Crippen molar-refractivity contribution in [2.75, 3.05) is 0 Å². The first-order valence-electron chi connectivity index (χ1n) is 7.16. The zero-order valence-electron chi connectivity index (χ0n) is 12.6. The molecular weight excluding hydrogens is 288 g/mol. The number of hydrogen-bond acceptors (Lipinski definition) is 3. The highest BCUT2D eigenvalue weighted by Gasteiger charge is 2.01. The zero-order valence-corrected chi connectivity index (χ0v) is 12.6. The fourth-order valence-corrected chi connectivity index (χ4v) is 2.19. The zero-order chi connectivity index (χ0) is 16.5. The molecule has 0 radical (unpaired) electrons. The number of benzene rings is 2. The number of aliphatic imine (C=N–C) groups is 1. The summed E-state index contributed by atoms with van der Waals surface area (Å²) in [6, 6.07) is 14.2. The van der Waals surface area contributed by atoms with Crippen LogP contribution in [0.25, 0.3) is 10.8 Å². The van der Waals surface area contributed by atoms with E-state index in [1.165, 1.54) is 6.20 Å². The average Bonchev–Trinajstić information content (AvgIpc) is 2.56. The Hall–Kier alpha value is -3.14. The maximum Gasteiger partial charge on any atom is 0.330 e. The molecule has 0 aliphatic heterocycles. The van der Waals surface area contributed by atoms with Crippen molar-refractivity contribution in [3.05, 3.63) is 84.7 Å². The van der Waals surface area contributed by atoms with Gasteiger partial charge in [-0.25, -0.2) is 4.79 Å². The highest BCUT2D eigenvalue weighted by Crippen LogP contribution is 2.18. The topological polar surface area (TPSA) is 61.7 Å². The van der Waals surface area contributed by atoms with Crippen molar-refractivity contribution in [2.24, 2.45) is 4.99 Å². The summed E-state index contributed by atoms with van der Waals surface area (Å²) in [5.41, 5.74) is 1.61. The molecule has 116 valence electrons. The lowest BCUT2D eigenvalue weighted by atomic mass is 10.0. The summed E-state index contributed by atoms with van der Waals surface area (Å²) in [4.78, 5) is 14.8. The first kappa shape index (κ1) is 16.2. The molecule has 2 N–H and O–H groups in total. The molecule has 2 rings (SSSR count). The van der Waals surface area contributed by atoms with E-state index >= 15 is 0 Å². The fourth-order valence-electron chi connectivity index (χ4n) is 2.19. The van der Waals surface area contributed by atoms with Crippen LogP contribution in [0.15, 0.2) is 84.2 Å². The second-order valence-corrected chi connectivity index (χ2v) is 4.77. The number of carboxylic acid groups (broad SMARTS) is 1. The molecule has 4 nitrogen and oxygen atoms in total. The maximum atomic E-state index is 10.9.